The van der Waals surface area contributed by atoms with Gasteiger partial charge in [-0.25, -0.2) is 0 Å². The topological polar surface area (TPSA) is 73.0 Å². The van der Waals surface area contributed by atoms with E-state index in [4.69, 9.17) is 11.6 Å². The van der Waals surface area contributed by atoms with Crippen LogP contribution in [0.5, 0.6) is 0 Å². The smallest absolute Gasteiger partial charge is 0.271 e. The van der Waals surface area contributed by atoms with E-state index in [9.17, 15) is 10.1 Å². The molecule has 7 heteroatoms. The van der Waals surface area contributed by atoms with Gasteiger partial charge in [0.15, 0.2) is 0 Å². The predicted octanol–water partition coefficient (Wildman–Crippen LogP) is 3.21. The predicted molar refractivity (Wildman–Crippen MR) is 69.3 cm³/mol. The molecule has 0 unspecified atom stereocenters. The Labute approximate surface area is 108 Å². The fourth-order valence-electron chi connectivity index (χ4n) is 1.48. The van der Waals surface area contributed by atoms with E-state index < -0.39 is 4.92 Å². The summed E-state index contributed by atoms with van der Waals surface area (Å²) in [6.07, 6.45) is 3.50. The highest BCUT2D eigenvalue weighted by atomic mass is 35.5. The van der Waals surface area contributed by atoms with Crippen LogP contribution in [0, 0.1) is 10.1 Å². The highest BCUT2D eigenvalue weighted by Gasteiger charge is 2.09. The standard InChI is InChI=1S/C11H11ClN4O2/c1-2-15-7-8(6-13-15)14-11-4-3-9(16(17)18)5-10(11)12/h3-7,14H,2H2,1H3. The van der Waals surface area contributed by atoms with Gasteiger partial charge in [-0.1, -0.05) is 11.6 Å². The number of nitrogens with one attached hydrogen (secondary N) is 1. The number of non-ortho nitro benzene ring substituents is 1. The summed E-state index contributed by atoms with van der Waals surface area (Å²) in [7, 11) is 0. The molecule has 0 aliphatic heterocycles. The molecule has 1 heterocycles. The fourth-order valence-corrected chi connectivity index (χ4v) is 1.70. The zero-order valence-corrected chi connectivity index (χ0v) is 10.4. The maximum absolute atomic E-state index is 10.6. The molecule has 0 saturated heterocycles. The average molecular weight is 267 g/mol. The molecule has 0 atom stereocenters. The van der Waals surface area contributed by atoms with Crippen LogP contribution >= 0.6 is 11.6 Å². The number of nitro groups is 1. The molecule has 0 spiro atoms. The number of rotatable bonds is 4. The van der Waals surface area contributed by atoms with Crippen LogP contribution in [-0.4, -0.2) is 14.7 Å². The van der Waals surface area contributed by atoms with Gasteiger partial charge in [-0.3, -0.25) is 14.8 Å². The molecule has 1 aromatic heterocycles. The Hall–Kier alpha value is -2.08. The van der Waals surface area contributed by atoms with Crippen LogP contribution in [0.25, 0.3) is 0 Å². The Morgan fingerprint density at radius 1 is 1.56 bits per heavy atom. The van der Waals surface area contributed by atoms with Crippen molar-refractivity contribution in [1.82, 2.24) is 9.78 Å². The van der Waals surface area contributed by atoms with Crippen molar-refractivity contribution in [3.05, 3.63) is 45.7 Å². The molecule has 0 amide bonds. The third kappa shape index (κ3) is 2.60. The van der Waals surface area contributed by atoms with Crippen molar-refractivity contribution in [2.45, 2.75) is 13.5 Å². The van der Waals surface area contributed by atoms with E-state index >= 15 is 0 Å². The Morgan fingerprint density at radius 3 is 2.89 bits per heavy atom. The van der Waals surface area contributed by atoms with Crippen LogP contribution < -0.4 is 5.32 Å². The number of nitro benzene ring substituents is 1. The van der Waals surface area contributed by atoms with Gasteiger partial charge >= 0.3 is 0 Å². The summed E-state index contributed by atoms with van der Waals surface area (Å²) >= 11 is 5.97. The second kappa shape index (κ2) is 5.05. The summed E-state index contributed by atoms with van der Waals surface area (Å²) in [5.74, 6) is 0. The largest absolute Gasteiger partial charge is 0.352 e. The van der Waals surface area contributed by atoms with Crippen LogP contribution in [0.1, 0.15) is 6.92 Å². The lowest BCUT2D eigenvalue weighted by Crippen LogP contribution is -1.94. The zero-order chi connectivity index (χ0) is 13.1. The van der Waals surface area contributed by atoms with Gasteiger partial charge in [-0.2, -0.15) is 5.10 Å². The van der Waals surface area contributed by atoms with E-state index in [1.165, 1.54) is 12.1 Å². The molecule has 6 nitrogen and oxygen atoms in total. The first-order chi connectivity index (χ1) is 8.60. The summed E-state index contributed by atoms with van der Waals surface area (Å²) in [5, 5.41) is 18.0. The lowest BCUT2D eigenvalue weighted by atomic mass is 10.3. The van der Waals surface area contributed by atoms with Gasteiger partial charge in [0.05, 0.1) is 27.5 Å². The number of anilines is 2. The summed E-state index contributed by atoms with van der Waals surface area (Å²) in [6, 6.07) is 4.29. The molecule has 0 aliphatic rings. The first kappa shape index (κ1) is 12.4. The molecule has 0 fully saturated rings. The summed E-state index contributed by atoms with van der Waals surface area (Å²) < 4.78 is 1.77. The zero-order valence-electron chi connectivity index (χ0n) is 9.63. The minimum Gasteiger partial charge on any atom is -0.352 e. The van der Waals surface area contributed by atoms with Crippen molar-refractivity contribution < 1.29 is 4.92 Å². The molecule has 2 aromatic rings. The average Bonchev–Trinajstić information content (AvgIpc) is 2.79. The van der Waals surface area contributed by atoms with Gasteiger partial charge in [0.2, 0.25) is 0 Å². The summed E-state index contributed by atoms with van der Waals surface area (Å²) in [5.41, 5.74) is 1.36. The monoisotopic (exact) mass is 266 g/mol. The minimum absolute atomic E-state index is 0.0326. The van der Waals surface area contributed by atoms with Crippen molar-refractivity contribution in [1.29, 1.82) is 0 Å². The molecule has 0 aliphatic carbocycles. The molecule has 94 valence electrons. The summed E-state index contributed by atoms with van der Waals surface area (Å²) in [6.45, 7) is 2.76. The number of aryl methyl sites for hydroxylation is 1. The molecule has 0 bridgehead atoms. The van der Waals surface area contributed by atoms with E-state index in [-0.39, 0.29) is 5.69 Å². The number of nitrogens with zero attached hydrogens (tertiary/aromatic N) is 3. The van der Waals surface area contributed by atoms with Gasteiger partial charge in [0.1, 0.15) is 0 Å². The molecule has 1 aromatic carbocycles. The van der Waals surface area contributed by atoms with Gasteiger partial charge < -0.3 is 5.32 Å². The number of benzene rings is 1. The molecule has 0 saturated carbocycles. The highest BCUT2D eigenvalue weighted by Crippen LogP contribution is 2.28. The third-order valence-corrected chi connectivity index (χ3v) is 2.71. The van der Waals surface area contributed by atoms with Gasteiger partial charge in [0.25, 0.3) is 5.69 Å². The molecule has 18 heavy (non-hydrogen) atoms. The van der Waals surface area contributed by atoms with Crippen molar-refractivity contribution >= 4 is 28.7 Å². The number of hydrogen-bond donors (Lipinski definition) is 1. The Kier molecular flexibility index (Phi) is 3.47. The van der Waals surface area contributed by atoms with Crippen LogP contribution in [0.3, 0.4) is 0 Å². The first-order valence-corrected chi connectivity index (χ1v) is 5.71. The van der Waals surface area contributed by atoms with E-state index in [1.54, 1.807) is 16.9 Å². The molecular formula is C11H11ClN4O2. The lowest BCUT2D eigenvalue weighted by Gasteiger charge is -2.05. The minimum atomic E-state index is -0.481. The van der Waals surface area contributed by atoms with E-state index in [0.29, 0.717) is 10.7 Å². The Bertz CT molecular complexity index is 582. The molecular weight excluding hydrogens is 256 g/mol. The van der Waals surface area contributed by atoms with Crippen molar-refractivity contribution in [2.75, 3.05) is 5.32 Å². The van der Waals surface area contributed by atoms with Crippen LogP contribution in [0.2, 0.25) is 5.02 Å². The SMILES string of the molecule is CCn1cc(Nc2ccc([N+](=O)[O-])cc2Cl)cn1. The van der Waals surface area contributed by atoms with E-state index in [1.807, 2.05) is 13.1 Å². The molecule has 2 rings (SSSR count). The molecule has 1 N–H and O–H groups in total. The van der Waals surface area contributed by atoms with Gasteiger partial charge in [-0.15, -0.1) is 0 Å². The van der Waals surface area contributed by atoms with Crippen LogP contribution in [0.4, 0.5) is 17.1 Å². The number of hydrogen-bond acceptors (Lipinski definition) is 4. The first-order valence-electron chi connectivity index (χ1n) is 5.33. The van der Waals surface area contributed by atoms with Crippen LogP contribution in [0.15, 0.2) is 30.6 Å². The van der Waals surface area contributed by atoms with Crippen LogP contribution in [-0.2, 0) is 6.54 Å². The third-order valence-electron chi connectivity index (χ3n) is 2.40. The Balaban J connectivity index is 2.21. The highest BCUT2D eigenvalue weighted by molar-refractivity contribution is 6.33. The lowest BCUT2D eigenvalue weighted by molar-refractivity contribution is -0.384. The van der Waals surface area contributed by atoms with Crippen molar-refractivity contribution in [2.24, 2.45) is 0 Å². The normalized spacial score (nSPS) is 10.3. The Morgan fingerprint density at radius 2 is 2.33 bits per heavy atom. The maximum atomic E-state index is 10.6. The fraction of sp³-hybridized carbons (Fsp3) is 0.182. The maximum Gasteiger partial charge on any atom is 0.271 e. The van der Waals surface area contributed by atoms with E-state index in [0.717, 1.165) is 12.2 Å². The second-order valence-corrected chi connectivity index (χ2v) is 4.04. The van der Waals surface area contributed by atoms with E-state index in [2.05, 4.69) is 10.4 Å². The number of aromatic nitrogens is 2. The number of halogens is 1. The van der Waals surface area contributed by atoms with Gasteiger partial charge in [0, 0.05) is 24.9 Å². The second-order valence-electron chi connectivity index (χ2n) is 3.63. The van der Waals surface area contributed by atoms with Crippen molar-refractivity contribution in [3.8, 4) is 0 Å². The van der Waals surface area contributed by atoms with Crippen molar-refractivity contribution in [3.63, 3.8) is 0 Å². The molecule has 0 radical (unpaired) electrons. The quantitative estimate of drug-likeness (QED) is 0.681. The summed E-state index contributed by atoms with van der Waals surface area (Å²) in [4.78, 5) is 10.1. The van der Waals surface area contributed by atoms with Gasteiger partial charge in [-0.05, 0) is 13.0 Å².